The van der Waals surface area contributed by atoms with Gasteiger partial charge < -0.3 is 4.74 Å². The zero-order valence-corrected chi connectivity index (χ0v) is 14.3. The van der Waals surface area contributed by atoms with Crippen molar-refractivity contribution in [2.24, 2.45) is 0 Å². The number of aromatic nitrogens is 1. The Morgan fingerprint density at radius 1 is 1.15 bits per heavy atom. The van der Waals surface area contributed by atoms with Crippen LogP contribution in [0.3, 0.4) is 0 Å². The van der Waals surface area contributed by atoms with Gasteiger partial charge in [0.05, 0.1) is 11.3 Å². The minimum atomic E-state index is -2.89. The van der Waals surface area contributed by atoms with Crippen LogP contribution in [-0.2, 0) is 0 Å². The van der Waals surface area contributed by atoms with Gasteiger partial charge >= 0.3 is 6.61 Å². The molecule has 1 aromatic heterocycles. The largest absolute Gasteiger partial charge is 0.435 e. The third-order valence-electron chi connectivity index (χ3n) is 3.49. The second kappa shape index (κ2) is 7.57. The number of benzene rings is 2. The molecule has 0 spiro atoms. The van der Waals surface area contributed by atoms with Crippen LogP contribution in [0.5, 0.6) is 5.75 Å². The number of nitrogens with one attached hydrogen (secondary N) is 1. The fraction of sp³-hybridized carbons (Fsp3) is 0.111. The van der Waals surface area contributed by atoms with E-state index in [1.807, 2.05) is 6.92 Å². The predicted molar refractivity (Wildman–Crippen MR) is 93.3 cm³/mol. The maximum Gasteiger partial charge on any atom is 0.387 e. The molecule has 0 saturated heterocycles. The topological polar surface area (TPSA) is 51.2 Å². The first kappa shape index (κ1) is 17.9. The SMILES string of the molecule is Cc1sc(NC(=O)c2ccccc2F)nc1-c1ccc(OC(F)F)cc1. The van der Waals surface area contributed by atoms with E-state index in [-0.39, 0.29) is 11.3 Å². The van der Waals surface area contributed by atoms with Crippen molar-refractivity contribution in [2.75, 3.05) is 5.32 Å². The first-order valence-electron chi connectivity index (χ1n) is 7.52. The van der Waals surface area contributed by atoms with Gasteiger partial charge in [-0.3, -0.25) is 10.1 Å². The first-order valence-corrected chi connectivity index (χ1v) is 8.34. The Balaban J connectivity index is 1.79. The standard InChI is InChI=1S/C18H13F3N2O2S/c1-10-15(11-6-8-12(9-7-11)25-17(20)21)22-18(26-10)23-16(24)13-4-2-3-5-14(13)19/h2-9,17H,1H3,(H,22,23,24). The second-order valence-electron chi connectivity index (χ2n) is 5.26. The molecule has 4 nitrogen and oxygen atoms in total. The van der Waals surface area contributed by atoms with Crippen molar-refractivity contribution in [1.29, 1.82) is 0 Å². The van der Waals surface area contributed by atoms with E-state index in [9.17, 15) is 18.0 Å². The van der Waals surface area contributed by atoms with Crippen molar-refractivity contribution in [2.45, 2.75) is 13.5 Å². The van der Waals surface area contributed by atoms with Crippen LogP contribution < -0.4 is 10.1 Å². The van der Waals surface area contributed by atoms with E-state index in [2.05, 4.69) is 15.0 Å². The highest BCUT2D eigenvalue weighted by Gasteiger charge is 2.15. The number of carbonyl (C=O) groups excluding carboxylic acids is 1. The molecule has 0 bridgehead atoms. The Hall–Kier alpha value is -2.87. The van der Waals surface area contributed by atoms with Crippen molar-refractivity contribution in [1.82, 2.24) is 4.98 Å². The number of ether oxygens (including phenoxy) is 1. The first-order chi connectivity index (χ1) is 12.4. The summed E-state index contributed by atoms with van der Waals surface area (Å²) in [5.41, 5.74) is 1.21. The van der Waals surface area contributed by atoms with Gasteiger partial charge in [-0.1, -0.05) is 12.1 Å². The van der Waals surface area contributed by atoms with E-state index < -0.39 is 18.3 Å². The number of nitrogens with zero attached hydrogens (tertiary/aromatic N) is 1. The van der Waals surface area contributed by atoms with E-state index in [4.69, 9.17) is 0 Å². The quantitative estimate of drug-likeness (QED) is 0.671. The number of aryl methyl sites for hydroxylation is 1. The lowest BCUT2D eigenvalue weighted by Gasteiger charge is -2.05. The van der Waals surface area contributed by atoms with Gasteiger partial charge in [0.1, 0.15) is 11.6 Å². The molecule has 0 fully saturated rings. The van der Waals surface area contributed by atoms with E-state index >= 15 is 0 Å². The Kier molecular flexibility index (Phi) is 5.22. The summed E-state index contributed by atoms with van der Waals surface area (Å²) in [4.78, 5) is 17.3. The summed E-state index contributed by atoms with van der Waals surface area (Å²) in [6.45, 7) is -1.07. The zero-order valence-electron chi connectivity index (χ0n) is 13.5. The molecule has 0 aliphatic rings. The average molecular weight is 378 g/mol. The average Bonchev–Trinajstić information content (AvgIpc) is 2.95. The van der Waals surface area contributed by atoms with Crippen LogP contribution >= 0.6 is 11.3 Å². The highest BCUT2D eigenvalue weighted by Crippen LogP contribution is 2.31. The molecule has 0 aliphatic carbocycles. The van der Waals surface area contributed by atoms with Crippen LogP contribution in [0.4, 0.5) is 18.3 Å². The summed E-state index contributed by atoms with van der Waals surface area (Å²) in [5, 5.41) is 2.89. The molecule has 0 atom stereocenters. The van der Waals surface area contributed by atoms with Crippen LogP contribution in [0.1, 0.15) is 15.2 Å². The molecule has 0 unspecified atom stereocenters. The van der Waals surface area contributed by atoms with Gasteiger partial charge in [0.2, 0.25) is 0 Å². The molecule has 2 aromatic carbocycles. The fourth-order valence-electron chi connectivity index (χ4n) is 2.32. The Morgan fingerprint density at radius 2 is 1.85 bits per heavy atom. The van der Waals surface area contributed by atoms with Crippen molar-refractivity contribution in [3.8, 4) is 17.0 Å². The highest BCUT2D eigenvalue weighted by molar-refractivity contribution is 7.16. The van der Waals surface area contributed by atoms with Gasteiger partial charge in [-0.25, -0.2) is 9.37 Å². The lowest BCUT2D eigenvalue weighted by Crippen LogP contribution is -2.13. The van der Waals surface area contributed by atoms with Gasteiger partial charge in [-0.15, -0.1) is 11.3 Å². The molecule has 1 N–H and O–H groups in total. The predicted octanol–water partition coefficient (Wildman–Crippen LogP) is 5.11. The number of carbonyl (C=O) groups is 1. The number of amides is 1. The lowest BCUT2D eigenvalue weighted by atomic mass is 10.1. The van der Waals surface area contributed by atoms with Gasteiger partial charge in [0.25, 0.3) is 5.91 Å². The fourth-order valence-corrected chi connectivity index (χ4v) is 3.15. The number of alkyl halides is 2. The van der Waals surface area contributed by atoms with Gasteiger partial charge in [0, 0.05) is 10.4 Å². The van der Waals surface area contributed by atoms with Crippen molar-refractivity contribution >= 4 is 22.4 Å². The number of anilines is 1. The Bertz CT molecular complexity index is 926. The molecular weight excluding hydrogens is 365 g/mol. The molecule has 134 valence electrons. The number of thiazole rings is 1. The molecular formula is C18H13F3N2O2S. The molecule has 8 heteroatoms. The summed E-state index contributed by atoms with van der Waals surface area (Å²) in [6, 6.07) is 11.7. The van der Waals surface area contributed by atoms with Gasteiger partial charge in [-0.05, 0) is 43.3 Å². The summed E-state index contributed by atoms with van der Waals surface area (Å²) in [5.74, 6) is -1.16. The minimum Gasteiger partial charge on any atom is -0.435 e. The van der Waals surface area contributed by atoms with Crippen LogP contribution in [0, 0.1) is 12.7 Å². The maximum absolute atomic E-state index is 13.7. The molecule has 0 saturated carbocycles. The third kappa shape index (κ3) is 4.02. The molecule has 3 rings (SSSR count). The molecule has 26 heavy (non-hydrogen) atoms. The van der Waals surface area contributed by atoms with Crippen LogP contribution in [0.25, 0.3) is 11.3 Å². The number of hydrogen-bond acceptors (Lipinski definition) is 4. The smallest absolute Gasteiger partial charge is 0.387 e. The molecule has 1 amide bonds. The molecule has 0 radical (unpaired) electrons. The van der Waals surface area contributed by atoms with Gasteiger partial charge in [0.15, 0.2) is 5.13 Å². The second-order valence-corrected chi connectivity index (χ2v) is 6.46. The van der Waals surface area contributed by atoms with Crippen molar-refractivity contribution in [3.05, 3.63) is 64.8 Å². The van der Waals surface area contributed by atoms with Crippen LogP contribution in [-0.4, -0.2) is 17.5 Å². The summed E-state index contributed by atoms with van der Waals surface area (Å²) in [6.07, 6.45) is 0. The summed E-state index contributed by atoms with van der Waals surface area (Å²) >= 11 is 1.24. The van der Waals surface area contributed by atoms with E-state index in [1.54, 1.807) is 18.2 Å². The maximum atomic E-state index is 13.7. The highest BCUT2D eigenvalue weighted by atomic mass is 32.1. The van der Waals surface area contributed by atoms with E-state index in [0.717, 1.165) is 4.88 Å². The Morgan fingerprint density at radius 3 is 2.50 bits per heavy atom. The molecule has 0 aliphatic heterocycles. The van der Waals surface area contributed by atoms with E-state index in [0.29, 0.717) is 16.4 Å². The number of hydrogen-bond donors (Lipinski definition) is 1. The lowest BCUT2D eigenvalue weighted by molar-refractivity contribution is -0.0498. The van der Waals surface area contributed by atoms with Crippen LogP contribution in [0.2, 0.25) is 0 Å². The Labute approximate surface area is 151 Å². The zero-order chi connectivity index (χ0) is 18.7. The third-order valence-corrected chi connectivity index (χ3v) is 4.37. The van der Waals surface area contributed by atoms with Gasteiger partial charge in [-0.2, -0.15) is 8.78 Å². The number of rotatable bonds is 5. The summed E-state index contributed by atoms with van der Waals surface area (Å²) < 4.78 is 42.4. The normalized spacial score (nSPS) is 10.8. The van der Waals surface area contributed by atoms with Crippen LogP contribution in [0.15, 0.2) is 48.5 Å². The van der Waals surface area contributed by atoms with Crippen molar-refractivity contribution < 1.29 is 22.7 Å². The number of halogens is 3. The minimum absolute atomic E-state index is 0.0460. The van der Waals surface area contributed by atoms with E-state index in [1.165, 1.54) is 41.7 Å². The summed E-state index contributed by atoms with van der Waals surface area (Å²) in [7, 11) is 0. The molecule has 1 heterocycles. The van der Waals surface area contributed by atoms with Crippen molar-refractivity contribution in [3.63, 3.8) is 0 Å². The molecule has 3 aromatic rings. The monoisotopic (exact) mass is 378 g/mol.